The topological polar surface area (TPSA) is 58.2 Å². The van der Waals surface area contributed by atoms with Crippen LogP contribution in [0.5, 0.6) is 0 Å². The van der Waals surface area contributed by atoms with Gasteiger partial charge in [0.05, 0.1) is 5.56 Å². The van der Waals surface area contributed by atoms with Crippen molar-refractivity contribution in [3.8, 4) is 0 Å². The molecule has 92 valence electrons. The van der Waals surface area contributed by atoms with E-state index in [0.29, 0.717) is 0 Å². The number of likely N-dealkylation sites (N-methyl/N-ethyl adjacent to an activating group) is 1. The average molecular weight is 238 g/mol. The van der Waals surface area contributed by atoms with Crippen LogP contribution in [0.4, 0.5) is 4.39 Å². The normalized spacial score (nSPS) is 11.8. The second-order valence-corrected chi connectivity index (χ2v) is 3.79. The molecule has 1 rings (SSSR count). The van der Waals surface area contributed by atoms with Crippen LogP contribution in [-0.4, -0.2) is 24.9 Å². The molecule has 0 heterocycles. The lowest BCUT2D eigenvalue weighted by Gasteiger charge is -2.12. The van der Waals surface area contributed by atoms with Crippen molar-refractivity contribution in [1.82, 2.24) is 10.6 Å². The summed E-state index contributed by atoms with van der Waals surface area (Å²) in [5, 5.41) is 4.81. The van der Waals surface area contributed by atoms with Gasteiger partial charge in [0.25, 0.3) is 5.91 Å². The standard InChI is InChI=1S/C12H15FN2O2/c1-7-4-5-9(10(13)6-7)12(17)15-8(2)11(16)14-3/h4-6,8H,1-3H3,(H,14,16)(H,15,17). The molecule has 0 bridgehead atoms. The van der Waals surface area contributed by atoms with Crippen molar-refractivity contribution in [3.05, 3.63) is 35.1 Å². The van der Waals surface area contributed by atoms with E-state index in [1.807, 2.05) is 0 Å². The third-order valence-electron chi connectivity index (χ3n) is 2.36. The number of hydrogen-bond acceptors (Lipinski definition) is 2. The van der Waals surface area contributed by atoms with Gasteiger partial charge >= 0.3 is 0 Å². The molecule has 17 heavy (non-hydrogen) atoms. The van der Waals surface area contributed by atoms with Crippen LogP contribution in [0.2, 0.25) is 0 Å². The van der Waals surface area contributed by atoms with E-state index >= 15 is 0 Å². The van der Waals surface area contributed by atoms with Gasteiger partial charge in [0, 0.05) is 7.05 Å². The van der Waals surface area contributed by atoms with Crippen LogP contribution < -0.4 is 10.6 Å². The van der Waals surface area contributed by atoms with Gasteiger partial charge in [-0.1, -0.05) is 6.07 Å². The van der Waals surface area contributed by atoms with E-state index in [2.05, 4.69) is 10.6 Å². The van der Waals surface area contributed by atoms with E-state index in [9.17, 15) is 14.0 Å². The SMILES string of the molecule is CNC(=O)C(C)NC(=O)c1ccc(C)cc1F. The number of nitrogens with one attached hydrogen (secondary N) is 2. The second kappa shape index (κ2) is 5.43. The highest BCUT2D eigenvalue weighted by Crippen LogP contribution is 2.09. The molecule has 0 saturated carbocycles. The maximum atomic E-state index is 13.5. The van der Waals surface area contributed by atoms with E-state index in [-0.39, 0.29) is 11.5 Å². The number of hydrogen-bond donors (Lipinski definition) is 2. The van der Waals surface area contributed by atoms with Crippen LogP contribution in [0.3, 0.4) is 0 Å². The summed E-state index contributed by atoms with van der Waals surface area (Å²) in [5.74, 6) is -1.52. The minimum absolute atomic E-state index is 0.0636. The molecule has 0 aliphatic heterocycles. The van der Waals surface area contributed by atoms with Gasteiger partial charge in [-0.2, -0.15) is 0 Å². The van der Waals surface area contributed by atoms with Crippen LogP contribution in [0.25, 0.3) is 0 Å². The van der Waals surface area contributed by atoms with Gasteiger partial charge in [-0.15, -0.1) is 0 Å². The first kappa shape index (κ1) is 13.2. The Hall–Kier alpha value is -1.91. The van der Waals surface area contributed by atoms with E-state index in [0.717, 1.165) is 5.56 Å². The molecule has 1 aromatic rings. The van der Waals surface area contributed by atoms with Crippen LogP contribution in [0.15, 0.2) is 18.2 Å². The minimum atomic E-state index is -0.701. The van der Waals surface area contributed by atoms with Crippen molar-refractivity contribution in [2.75, 3.05) is 7.05 Å². The number of rotatable bonds is 3. The fourth-order valence-corrected chi connectivity index (χ4v) is 1.36. The molecule has 0 aromatic heterocycles. The van der Waals surface area contributed by atoms with Crippen LogP contribution >= 0.6 is 0 Å². The maximum absolute atomic E-state index is 13.5. The van der Waals surface area contributed by atoms with Crippen molar-refractivity contribution >= 4 is 11.8 Å². The van der Waals surface area contributed by atoms with Gasteiger partial charge in [0.2, 0.25) is 5.91 Å². The van der Waals surface area contributed by atoms with Gasteiger partial charge in [-0.3, -0.25) is 9.59 Å². The van der Waals surface area contributed by atoms with E-state index in [1.54, 1.807) is 13.0 Å². The highest BCUT2D eigenvalue weighted by Gasteiger charge is 2.17. The Morgan fingerprint density at radius 2 is 2.00 bits per heavy atom. The summed E-state index contributed by atoms with van der Waals surface area (Å²) in [6.45, 7) is 3.26. The molecule has 2 N–H and O–H groups in total. The summed E-state index contributed by atoms with van der Waals surface area (Å²) in [6.07, 6.45) is 0. The zero-order valence-corrected chi connectivity index (χ0v) is 10.0. The lowest BCUT2D eigenvalue weighted by Crippen LogP contribution is -2.43. The monoisotopic (exact) mass is 238 g/mol. The summed E-state index contributed by atoms with van der Waals surface area (Å²) < 4.78 is 13.5. The van der Waals surface area contributed by atoms with E-state index in [4.69, 9.17) is 0 Å². The fraction of sp³-hybridized carbons (Fsp3) is 0.333. The van der Waals surface area contributed by atoms with Gasteiger partial charge in [0.15, 0.2) is 0 Å². The molecule has 4 nitrogen and oxygen atoms in total. The molecule has 0 spiro atoms. The molecule has 0 aliphatic rings. The maximum Gasteiger partial charge on any atom is 0.254 e. The highest BCUT2D eigenvalue weighted by molar-refractivity contribution is 5.97. The first-order chi connectivity index (χ1) is 7.95. The summed E-state index contributed by atoms with van der Waals surface area (Å²) >= 11 is 0. The molecule has 0 radical (unpaired) electrons. The zero-order chi connectivity index (χ0) is 13.0. The molecule has 5 heteroatoms. The van der Waals surface area contributed by atoms with Crippen molar-refractivity contribution in [1.29, 1.82) is 0 Å². The Kier molecular flexibility index (Phi) is 4.20. The van der Waals surface area contributed by atoms with Crippen LogP contribution in [-0.2, 0) is 4.79 Å². The first-order valence-electron chi connectivity index (χ1n) is 5.24. The van der Waals surface area contributed by atoms with Gasteiger partial charge < -0.3 is 10.6 Å². The summed E-state index contributed by atoms with van der Waals surface area (Å²) in [5.41, 5.74) is 0.671. The summed E-state index contributed by atoms with van der Waals surface area (Å²) in [6, 6.07) is 3.62. The third kappa shape index (κ3) is 3.27. The fourth-order valence-electron chi connectivity index (χ4n) is 1.36. The summed E-state index contributed by atoms with van der Waals surface area (Å²) in [7, 11) is 1.47. The predicted molar refractivity (Wildman–Crippen MR) is 62.1 cm³/mol. The minimum Gasteiger partial charge on any atom is -0.357 e. The van der Waals surface area contributed by atoms with Crippen molar-refractivity contribution in [2.45, 2.75) is 19.9 Å². The number of carbonyl (C=O) groups excluding carboxylic acids is 2. The smallest absolute Gasteiger partial charge is 0.254 e. The number of amides is 2. The lowest BCUT2D eigenvalue weighted by molar-refractivity contribution is -0.122. The van der Waals surface area contributed by atoms with Crippen molar-refractivity contribution < 1.29 is 14.0 Å². The van der Waals surface area contributed by atoms with Gasteiger partial charge in [-0.25, -0.2) is 4.39 Å². The Morgan fingerprint density at radius 1 is 1.35 bits per heavy atom. The average Bonchev–Trinajstić information content (AvgIpc) is 2.27. The predicted octanol–water partition coefficient (Wildman–Crippen LogP) is 0.998. The number of halogens is 1. The quantitative estimate of drug-likeness (QED) is 0.825. The molecule has 1 aromatic carbocycles. The van der Waals surface area contributed by atoms with Crippen molar-refractivity contribution in [3.63, 3.8) is 0 Å². The van der Waals surface area contributed by atoms with Crippen LogP contribution in [0.1, 0.15) is 22.8 Å². The highest BCUT2D eigenvalue weighted by atomic mass is 19.1. The van der Waals surface area contributed by atoms with E-state index in [1.165, 1.54) is 26.1 Å². The van der Waals surface area contributed by atoms with Gasteiger partial charge in [0.1, 0.15) is 11.9 Å². The largest absolute Gasteiger partial charge is 0.357 e. The number of benzene rings is 1. The van der Waals surface area contributed by atoms with Crippen molar-refractivity contribution in [2.24, 2.45) is 0 Å². The number of aryl methyl sites for hydroxylation is 1. The second-order valence-electron chi connectivity index (χ2n) is 3.79. The Labute approximate surface area is 99.2 Å². The van der Waals surface area contributed by atoms with E-state index < -0.39 is 17.8 Å². The molecule has 1 unspecified atom stereocenters. The molecule has 0 saturated heterocycles. The molecular formula is C12H15FN2O2. The molecule has 1 atom stereocenters. The lowest BCUT2D eigenvalue weighted by atomic mass is 10.1. The number of carbonyl (C=O) groups is 2. The Balaban J connectivity index is 2.80. The van der Waals surface area contributed by atoms with Crippen LogP contribution in [0, 0.1) is 12.7 Å². The summed E-state index contributed by atoms with van der Waals surface area (Å²) in [4.78, 5) is 22.9. The molecular weight excluding hydrogens is 223 g/mol. The Morgan fingerprint density at radius 3 is 2.53 bits per heavy atom. The van der Waals surface area contributed by atoms with Gasteiger partial charge in [-0.05, 0) is 31.5 Å². The molecule has 0 fully saturated rings. The molecule has 0 aliphatic carbocycles. The first-order valence-corrected chi connectivity index (χ1v) is 5.24. The molecule has 2 amide bonds. The third-order valence-corrected chi connectivity index (χ3v) is 2.36. The zero-order valence-electron chi connectivity index (χ0n) is 10.0. The Bertz CT molecular complexity index is 446.